The number of rotatable bonds is 8. The number of aliphatic hydroxyl groups excluding tert-OH is 1. The highest BCUT2D eigenvalue weighted by atomic mass is 32.2. The minimum absolute atomic E-state index is 0.345. The molecule has 1 saturated heterocycles. The monoisotopic (exact) mass is 259 g/mol. The predicted molar refractivity (Wildman–Crippen MR) is 72.5 cm³/mol. The summed E-state index contributed by atoms with van der Waals surface area (Å²) in [5.74, 6) is 2.09. The molecule has 2 unspecified atom stereocenters. The third kappa shape index (κ3) is 6.09. The van der Waals surface area contributed by atoms with Crippen molar-refractivity contribution >= 4 is 11.8 Å². The van der Waals surface area contributed by atoms with E-state index >= 15 is 0 Å². The second-order valence-electron chi connectivity index (χ2n) is 5.28. The van der Waals surface area contributed by atoms with Crippen LogP contribution in [0.3, 0.4) is 0 Å². The van der Waals surface area contributed by atoms with Crippen LogP contribution < -0.4 is 5.32 Å². The molecule has 0 spiro atoms. The molecule has 0 bridgehead atoms. The summed E-state index contributed by atoms with van der Waals surface area (Å²) in [5.41, 5.74) is 0. The summed E-state index contributed by atoms with van der Waals surface area (Å²) in [4.78, 5) is 0. The zero-order valence-corrected chi connectivity index (χ0v) is 11.4. The normalized spacial score (nSPS) is 27.0. The van der Waals surface area contributed by atoms with E-state index in [1.807, 2.05) is 0 Å². The molecule has 3 nitrogen and oxygen atoms in total. The minimum Gasteiger partial charge on any atom is -0.389 e. The van der Waals surface area contributed by atoms with Crippen LogP contribution in [0.1, 0.15) is 32.1 Å². The van der Waals surface area contributed by atoms with Gasteiger partial charge in [-0.2, -0.15) is 11.8 Å². The van der Waals surface area contributed by atoms with Gasteiger partial charge in [-0.1, -0.05) is 6.42 Å². The van der Waals surface area contributed by atoms with Gasteiger partial charge in [0.25, 0.3) is 0 Å². The molecule has 0 aromatic heterocycles. The van der Waals surface area contributed by atoms with Gasteiger partial charge in [0.05, 0.1) is 12.7 Å². The van der Waals surface area contributed by atoms with Crippen LogP contribution in [0.25, 0.3) is 0 Å². The van der Waals surface area contributed by atoms with Gasteiger partial charge in [0, 0.05) is 24.9 Å². The molecular weight excluding hydrogens is 234 g/mol. The number of nitrogens with one attached hydrogen (secondary N) is 1. The number of thioether (sulfide) groups is 1. The van der Waals surface area contributed by atoms with Crippen molar-refractivity contribution in [3.05, 3.63) is 0 Å². The maximum Gasteiger partial charge on any atom is 0.0897 e. The van der Waals surface area contributed by atoms with Gasteiger partial charge in [-0.05, 0) is 37.4 Å². The molecule has 0 aromatic carbocycles. The first-order chi connectivity index (χ1) is 8.34. The summed E-state index contributed by atoms with van der Waals surface area (Å²) in [5, 5.41) is 13.8. The van der Waals surface area contributed by atoms with Gasteiger partial charge in [0.15, 0.2) is 0 Å². The number of aliphatic hydroxyl groups is 1. The van der Waals surface area contributed by atoms with Gasteiger partial charge in [0.2, 0.25) is 0 Å². The van der Waals surface area contributed by atoms with Crippen molar-refractivity contribution in [2.45, 2.75) is 43.5 Å². The highest BCUT2D eigenvalue weighted by molar-refractivity contribution is 7.99. The van der Waals surface area contributed by atoms with Gasteiger partial charge in [0.1, 0.15) is 0 Å². The summed E-state index contributed by atoms with van der Waals surface area (Å²) in [6.45, 7) is 3.03. The summed E-state index contributed by atoms with van der Waals surface area (Å²) < 4.78 is 5.47. The zero-order chi connectivity index (χ0) is 11.9. The van der Waals surface area contributed by atoms with Crippen molar-refractivity contribution in [2.75, 3.05) is 32.1 Å². The highest BCUT2D eigenvalue weighted by Gasteiger charge is 2.21. The Hall–Kier alpha value is 0.230. The predicted octanol–water partition coefficient (Wildman–Crippen LogP) is 1.65. The Balaban J connectivity index is 1.42. The van der Waals surface area contributed by atoms with E-state index in [2.05, 4.69) is 17.1 Å². The van der Waals surface area contributed by atoms with Crippen LogP contribution in [0, 0.1) is 5.92 Å². The fraction of sp³-hybridized carbons (Fsp3) is 1.00. The van der Waals surface area contributed by atoms with E-state index < -0.39 is 0 Å². The Morgan fingerprint density at radius 1 is 1.29 bits per heavy atom. The third-order valence-corrected chi connectivity index (χ3v) is 4.78. The van der Waals surface area contributed by atoms with E-state index in [0.717, 1.165) is 24.3 Å². The van der Waals surface area contributed by atoms with Crippen LogP contribution in [0.15, 0.2) is 0 Å². The molecular formula is C13H25NO2S. The highest BCUT2D eigenvalue weighted by Crippen LogP contribution is 2.28. The fourth-order valence-corrected chi connectivity index (χ4v) is 3.37. The molecule has 100 valence electrons. The van der Waals surface area contributed by atoms with E-state index in [9.17, 15) is 5.11 Å². The molecule has 2 fully saturated rings. The van der Waals surface area contributed by atoms with Crippen molar-refractivity contribution in [3.63, 3.8) is 0 Å². The number of ether oxygens (including phenoxy) is 1. The van der Waals surface area contributed by atoms with Crippen molar-refractivity contribution in [2.24, 2.45) is 5.92 Å². The molecule has 1 saturated carbocycles. The average molecular weight is 259 g/mol. The minimum atomic E-state index is -0.345. The van der Waals surface area contributed by atoms with Crippen molar-refractivity contribution < 1.29 is 9.84 Å². The van der Waals surface area contributed by atoms with Crippen molar-refractivity contribution in [1.82, 2.24) is 5.32 Å². The SMILES string of the molecule is OC(CNCC1CCCCS1)COCC1CC1. The van der Waals surface area contributed by atoms with Crippen LogP contribution in [0.5, 0.6) is 0 Å². The van der Waals surface area contributed by atoms with Crippen LogP contribution in [-0.2, 0) is 4.74 Å². The van der Waals surface area contributed by atoms with Crippen LogP contribution in [0.2, 0.25) is 0 Å². The molecule has 0 aromatic rings. The molecule has 0 radical (unpaired) electrons. The second-order valence-corrected chi connectivity index (χ2v) is 6.69. The molecule has 1 aliphatic heterocycles. The van der Waals surface area contributed by atoms with E-state index in [1.54, 1.807) is 0 Å². The summed E-state index contributed by atoms with van der Waals surface area (Å²) >= 11 is 2.07. The largest absolute Gasteiger partial charge is 0.389 e. The summed E-state index contributed by atoms with van der Waals surface area (Å²) in [7, 11) is 0. The van der Waals surface area contributed by atoms with Crippen LogP contribution >= 0.6 is 11.8 Å². The van der Waals surface area contributed by atoms with Crippen LogP contribution in [0.4, 0.5) is 0 Å². The Kier molecular flexibility index (Phi) is 6.12. The maximum absolute atomic E-state index is 9.72. The zero-order valence-electron chi connectivity index (χ0n) is 10.6. The first-order valence-corrected chi connectivity index (χ1v) is 7.97. The molecule has 1 aliphatic carbocycles. The molecule has 2 atom stereocenters. The molecule has 2 N–H and O–H groups in total. The quantitative estimate of drug-likeness (QED) is 0.695. The summed E-state index contributed by atoms with van der Waals surface area (Å²) in [6.07, 6.45) is 6.35. The number of hydrogen-bond donors (Lipinski definition) is 2. The standard InChI is InChI=1S/C13H25NO2S/c15-12(10-16-9-11-4-5-11)7-14-8-13-3-1-2-6-17-13/h11-15H,1-10H2. The molecule has 0 amide bonds. The lowest BCUT2D eigenvalue weighted by molar-refractivity contribution is 0.0326. The lowest BCUT2D eigenvalue weighted by Gasteiger charge is -2.22. The third-order valence-electron chi connectivity index (χ3n) is 3.39. The Morgan fingerprint density at radius 2 is 2.18 bits per heavy atom. The Labute approximate surface area is 109 Å². The van der Waals surface area contributed by atoms with Gasteiger partial charge in [-0.3, -0.25) is 0 Å². The molecule has 2 aliphatic rings. The smallest absolute Gasteiger partial charge is 0.0897 e. The topological polar surface area (TPSA) is 41.5 Å². The molecule has 4 heteroatoms. The Morgan fingerprint density at radius 3 is 2.88 bits per heavy atom. The second kappa shape index (κ2) is 7.62. The molecule has 17 heavy (non-hydrogen) atoms. The van der Waals surface area contributed by atoms with Gasteiger partial charge >= 0.3 is 0 Å². The molecule has 1 heterocycles. The van der Waals surface area contributed by atoms with E-state index in [0.29, 0.717) is 13.2 Å². The van der Waals surface area contributed by atoms with Crippen molar-refractivity contribution in [3.8, 4) is 0 Å². The van der Waals surface area contributed by atoms with Crippen molar-refractivity contribution in [1.29, 1.82) is 0 Å². The lowest BCUT2D eigenvalue weighted by atomic mass is 10.2. The van der Waals surface area contributed by atoms with Gasteiger partial charge in [-0.25, -0.2) is 0 Å². The first-order valence-electron chi connectivity index (χ1n) is 6.92. The van der Waals surface area contributed by atoms with E-state index in [4.69, 9.17) is 4.74 Å². The van der Waals surface area contributed by atoms with Gasteiger partial charge in [-0.15, -0.1) is 0 Å². The maximum atomic E-state index is 9.72. The lowest BCUT2D eigenvalue weighted by Crippen LogP contribution is -2.35. The van der Waals surface area contributed by atoms with Crippen LogP contribution in [-0.4, -0.2) is 48.5 Å². The fourth-order valence-electron chi connectivity index (χ4n) is 2.09. The Bertz CT molecular complexity index is 206. The average Bonchev–Trinajstić information content (AvgIpc) is 3.14. The number of hydrogen-bond acceptors (Lipinski definition) is 4. The van der Waals surface area contributed by atoms with E-state index in [-0.39, 0.29) is 6.10 Å². The first kappa shape index (κ1) is 13.7. The summed E-state index contributed by atoms with van der Waals surface area (Å²) in [6, 6.07) is 0. The van der Waals surface area contributed by atoms with Gasteiger partial charge < -0.3 is 15.2 Å². The molecule has 2 rings (SSSR count). The van der Waals surface area contributed by atoms with E-state index in [1.165, 1.54) is 37.9 Å².